The largest absolute Gasteiger partial charge is 0.408 e. The summed E-state index contributed by atoms with van der Waals surface area (Å²) in [4.78, 5) is 13.8. The van der Waals surface area contributed by atoms with E-state index in [1.807, 2.05) is 0 Å². The zero-order chi connectivity index (χ0) is 21.5. The number of hydrogen-bond acceptors (Lipinski definition) is 3. The number of fused-ring (bicyclic) bond motifs is 1. The van der Waals surface area contributed by atoms with E-state index in [4.69, 9.17) is 11.6 Å². The lowest BCUT2D eigenvalue weighted by Gasteiger charge is -2.46. The number of benzene rings is 3. The molecule has 4 rings (SSSR count). The first-order valence-corrected chi connectivity index (χ1v) is 10.3. The molecule has 0 fully saturated rings. The summed E-state index contributed by atoms with van der Waals surface area (Å²) >= 11 is 6.55. The van der Waals surface area contributed by atoms with Gasteiger partial charge < -0.3 is 5.11 Å². The highest BCUT2D eigenvalue weighted by atomic mass is 35.5. The van der Waals surface area contributed by atoms with Crippen LogP contribution in [-0.2, 0) is 4.75 Å². The zero-order valence-electron chi connectivity index (χ0n) is 15.4. The molecule has 7 heteroatoms. The van der Waals surface area contributed by atoms with Gasteiger partial charge in [-0.25, -0.2) is 0 Å². The molecule has 0 aromatic heterocycles. The summed E-state index contributed by atoms with van der Waals surface area (Å²) in [6.07, 6.45) is -6.47. The van der Waals surface area contributed by atoms with Crippen LogP contribution in [0.2, 0.25) is 5.02 Å². The first-order valence-electron chi connectivity index (χ1n) is 9.14. The molecule has 1 N–H and O–H groups in total. The van der Waals surface area contributed by atoms with Crippen molar-refractivity contribution >= 4 is 29.1 Å². The predicted molar refractivity (Wildman–Crippen MR) is 111 cm³/mol. The number of thioether (sulfide) groups is 1. The average Bonchev–Trinajstić information content (AvgIpc) is 2.73. The van der Waals surface area contributed by atoms with Crippen LogP contribution in [0, 0.1) is 5.92 Å². The normalized spacial score (nSPS) is 23.6. The third kappa shape index (κ3) is 3.33. The van der Waals surface area contributed by atoms with Gasteiger partial charge >= 0.3 is 6.18 Å². The molecule has 1 aliphatic heterocycles. The number of alkyl halides is 3. The molecule has 0 spiro atoms. The molecular formula is C23H16ClF3O2S. The van der Waals surface area contributed by atoms with E-state index in [0.29, 0.717) is 22.2 Å². The van der Waals surface area contributed by atoms with Crippen molar-refractivity contribution in [1.82, 2.24) is 0 Å². The summed E-state index contributed by atoms with van der Waals surface area (Å²) in [5.41, 5.74) is 0.242. The summed E-state index contributed by atoms with van der Waals surface area (Å²) in [5.74, 6) is -2.61. The number of carbonyl (C=O) groups excluding carboxylic acids is 1. The van der Waals surface area contributed by atoms with Crippen molar-refractivity contribution in [3.8, 4) is 0 Å². The van der Waals surface area contributed by atoms with Crippen LogP contribution >= 0.6 is 23.4 Å². The molecule has 0 unspecified atom stereocenters. The topological polar surface area (TPSA) is 37.3 Å². The third-order valence-electron chi connectivity index (χ3n) is 5.28. The van der Waals surface area contributed by atoms with E-state index in [-0.39, 0.29) is 16.1 Å². The van der Waals surface area contributed by atoms with Crippen LogP contribution in [-0.4, -0.2) is 17.1 Å². The number of rotatable bonds is 3. The van der Waals surface area contributed by atoms with Crippen LogP contribution < -0.4 is 0 Å². The highest BCUT2D eigenvalue weighted by Crippen LogP contribution is 2.64. The Balaban J connectivity index is 2.01. The van der Waals surface area contributed by atoms with Crippen LogP contribution in [0.25, 0.3) is 0 Å². The van der Waals surface area contributed by atoms with Crippen LogP contribution in [0.4, 0.5) is 13.2 Å². The Hall–Kier alpha value is -2.28. The highest BCUT2D eigenvalue weighted by molar-refractivity contribution is 8.00. The van der Waals surface area contributed by atoms with Gasteiger partial charge in [0.15, 0.2) is 10.5 Å². The summed E-state index contributed by atoms with van der Waals surface area (Å²) in [6.45, 7) is 0. The molecule has 3 aromatic carbocycles. The van der Waals surface area contributed by atoms with Gasteiger partial charge in [0, 0.05) is 15.5 Å². The summed E-state index contributed by atoms with van der Waals surface area (Å²) < 4.78 is 41.9. The van der Waals surface area contributed by atoms with E-state index >= 15 is 0 Å². The molecule has 1 aliphatic rings. The maximum absolute atomic E-state index is 14.8. The number of aliphatic hydroxyl groups is 1. The quantitative estimate of drug-likeness (QED) is 0.469. The molecule has 3 atom stereocenters. The molecule has 2 nitrogen and oxygen atoms in total. The second kappa shape index (κ2) is 7.76. The molecule has 0 saturated heterocycles. The number of Topliss-reactive ketones (excluding diaryl/α,β-unsaturated/α-hetero) is 1. The first-order chi connectivity index (χ1) is 14.3. The minimum Gasteiger partial charge on any atom is -0.388 e. The average molecular weight is 449 g/mol. The van der Waals surface area contributed by atoms with Gasteiger partial charge in [-0.05, 0) is 29.3 Å². The van der Waals surface area contributed by atoms with E-state index < -0.39 is 28.7 Å². The monoisotopic (exact) mass is 448 g/mol. The third-order valence-corrected chi connectivity index (χ3v) is 7.15. The molecule has 1 heterocycles. The van der Waals surface area contributed by atoms with Crippen LogP contribution in [0.5, 0.6) is 0 Å². The Labute approximate surface area is 180 Å². The van der Waals surface area contributed by atoms with Gasteiger partial charge in [0.25, 0.3) is 0 Å². The van der Waals surface area contributed by atoms with Gasteiger partial charge in [-0.1, -0.05) is 72.3 Å². The van der Waals surface area contributed by atoms with Crippen molar-refractivity contribution in [3.63, 3.8) is 0 Å². The fraction of sp³-hybridized carbons (Fsp3) is 0.174. The highest BCUT2D eigenvalue weighted by Gasteiger charge is 2.67. The Morgan fingerprint density at radius 3 is 2.30 bits per heavy atom. The molecule has 0 radical (unpaired) electrons. The fourth-order valence-corrected chi connectivity index (χ4v) is 5.65. The molecule has 0 saturated carbocycles. The lowest BCUT2D eigenvalue weighted by Crippen LogP contribution is -2.53. The zero-order valence-corrected chi connectivity index (χ0v) is 17.0. The van der Waals surface area contributed by atoms with E-state index in [2.05, 4.69) is 0 Å². The summed E-state index contributed by atoms with van der Waals surface area (Å²) in [7, 11) is 0. The minimum atomic E-state index is -4.83. The molecule has 0 amide bonds. The van der Waals surface area contributed by atoms with E-state index in [9.17, 15) is 23.1 Å². The van der Waals surface area contributed by atoms with Crippen LogP contribution in [0.15, 0.2) is 83.8 Å². The molecule has 30 heavy (non-hydrogen) atoms. The molecule has 0 aliphatic carbocycles. The molecule has 0 bridgehead atoms. The van der Waals surface area contributed by atoms with Crippen molar-refractivity contribution in [2.24, 2.45) is 5.92 Å². The van der Waals surface area contributed by atoms with Crippen LogP contribution in [0.1, 0.15) is 27.6 Å². The van der Waals surface area contributed by atoms with E-state index in [1.54, 1.807) is 24.3 Å². The molecular weight excluding hydrogens is 433 g/mol. The first kappa shape index (κ1) is 21.0. The van der Waals surface area contributed by atoms with Gasteiger partial charge in [-0.15, -0.1) is 11.8 Å². The van der Waals surface area contributed by atoms with Crippen molar-refractivity contribution in [3.05, 3.63) is 101 Å². The van der Waals surface area contributed by atoms with Crippen molar-refractivity contribution in [2.75, 3.05) is 0 Å². The minimum absolute atomic E-state index is 0.0242. The number of aliphatic hydroxyl groups excluding tert-OH is 1. The van der Waals surface area contributed by atoms with Crippen molar-refractivity contribution < 1.29 is 23.1 Å². The smallest absolute Gasteiger partial charge is 0.388 e. The predicted octanol–water partition coefficient (Wildman–Crippen LogP) is 6.44. The Morgan fingerprint density at radius 2 is 1.63 bits per heavy atom. The standard InChI is InChI=1S/C23H16ClF3O2S/c24-16-10-6-7-14(13-16)20(28)19-21(29)17-11-4-5-12-18(17)30-22(19,23(25,26)27)15-8-2-1-3-9-15/h1-13,19,21,29H/t19-,21+,22-/m1/s1. The van der Waals surface area contributed by atoms with E-state index in [1.165, 1.54) is 54.6 Å². The van der Waals surface area contributed by atoms with Gasteiger partial charge in [-0.3, -0.25) is 4.79 Å². The number of ketones is 1. The van der Waals surface area contributed by atoms with Gasteiger partial charge in [0.2, 0.25) is 0 Å². The lowest BCUT2D eigenvalue weighted by atomic mass is 9.74. The number of hydrogen-bond donors (Lipinski definition) is 1. The molecule has 154 valence electrons. The van der Waals surface area contributed by atoms with Gasteiger partial charge in [-0.2, -0.15) is 13.2 Å². The van der Waals surface area contributed by atoms with Gasteiger partial charge in [0.05, 0.1) is 12.0 Å². The van der Waals surface area contributed by atoms with Crippen molar-refractivity contribution in [2.45, 2.75) is 21.9 Å². The fourth-order valence-electron chi connectivity index (χ4n) is 3.93. The Bertz CT molecular complexity index is 1090. The maximum Gasteiger partial charge on any atom is 0.408 e. The van der Waals surface area contributed by atoms with E-state index in [0.717, 1.165) is 0 Å². The SMILES string of the molecule is O=C(c1cccc(Cl)c1)[C@@H]1[C@@H](O)c2ccccc2S[C@@]1(c1ccccc1)C(F)(F)F. The van der Waals surface area contributed by atoms with Crippen molar-refractivity contribution in [1.29, 1.82) is 0 Å². The second-order valence-electron chi connectivity index (χ2n) is 7.04. The summed E-state index contributed by atoms with van der Waals surface area (Å²) in [6, 6.07) is 19.4. The molecule has 3 aromatic rings. The Kier molecular flexibility index (Phi) is 5.43. The van der Waals surface area contributed by atoms with Gasteiger partial charge in [0.1, 0.15) is 0 Å². The Morgan fingerprint density at radius 1 is 0.967 bits per heavy atom. The number of carbonyl (C=O) groups is 1. The lowest BCUT2D eigenvalue weighted by molar-refractivity contribution is -0.180. The second-order valence-corrected chi connectivity index (χ2v) is 8.76. The summed E-state index contributed by atoms with van der Waals surface area (Å²) in [5, 5.41) is 11.3. The number of halogens is 4. The van der Waals surface area contributed by atoms with Crippen LogP contribution in [0.3, 0.4) is 0 Å². The maximum atomic E-state index is 14.8.